The molecule has 2 saturated heterocycles. The lowest BCUT2D eigenvalue weighted by Crippen LogP contribution is -2.66. The number of imidazole rings is 1. The maximum Gasteiger partial charge on any atom is 0.261 e. The minimum Gasteiger partial charge on any atom is -0.376 e. The van der Waals surface area contributed by atoms with Crippen LogP contribution >= 0.6 is 0 Å². The van der Waals surface area contributed by atoms with Crippen LogP contribution in [0, 0.1) is 18.6 Å². The van der Waals surface area contributed by atoms with Crippen LogP contribution in [0.3, 0.4) is 0 Å². The Labute approximate surface area is 322 Å². The monoisotopic (exact) mass is 774 g/mol. The van der Waals surface area contributed by atoms with Gasteiger partial charge in [-0.25, -0.2) is 27.5 Å². The van der Waals surface area contributed by atoms with Crippen molar-refractivity contribution < 1.29 is 31.9 Å². The highest BCUT2D eigenvalue weighted by Crippen LogP contribution is 2.51. The number of aromatic nitrogens is 4. The highest BCUT2D eigenvalue weighted by Gasteiger charge is 2.57. The molecule has 3 aliphatic heterocycles. The smallest absolute Gasteiger partial charge is 0.261 e. The van der Waals surface area contributed by atoms with Gasteiger partial charge >= 0.3 is 0 Å². The molecule has 56 heavy (non-hydrogen) atoms. The zero-order chi connectivity index (χ0) is 39.6. The third kappa shape index (κ3) is 5.62. The number of hydrogen-bond donors (Lipinski definition) is 2. The number of piperidine rings is 1. The summed E-state index contributed by atoms with van der Waals surface area (Å²) in [6.07, 6.45) is 4.77. The van der Waals surface area contributed by atoms with E-state index in [1.807, 2.05) is 43.2 Å². The Hall–Kier alpha value is -4.63. The molecule has 4 fully saturated rings. The number of nitrogens with zero attached hydrogens (tertiary/aromatic N) is 6. The zero-order valence-corrected chi connectivity index (χ0v) is 32.4. The number of pyridine rings is 2. The van der Waals surface area contributed by atoms with Crippen LogP contribution in [0.1, 0.15) is 101 Å². The van der Waals surface area contributed by atoms with Crippen molar-refractivity contribution in [3.8, 4) is 11.3 Å². The van der Waals surface area contributed by atoms with Crippen LogP contribution in [0.25, 0.3) is 22.3 Å². The van der Waals surface area contributed by atoms with Gasteiger partial charge in [0.1, 0.15) is 11.1 Å². The second-order valence-electron chi connectivity index (χ2n) is 17.5. The molecule has 4 aromatic rings. The largest absolute Gasteiger partial charge is 0.376 e. The molecule has 3 aromatic heterocycles. The standard InChI is InChI=1S/C41H46F4N8O3/c1-20(2)51-19-47-29-14-27(48-35(33(29)51)49-28-13-26(21(3)31(42)32(28)43)36(54)50-41(8-9-41)37(44)45)22-11-30-34(46-17-22)39(4,5)38(55)53(30)24-15-40(6,16-24)52-10-7-25-12-23(52)18-56-25/h11,13-14,17,19-20,23-25,37H,7-10,12,15-16,18H2,1-6H3,(H,48,49)(H,50,54)/t23-,24?,25?,40?/m1/s1. The molecule has 2 saturated carbocycles. The molecule has 2 aliphatic carbocycles. The second-order valence-corrected chi connectivity index (χ2v) is 17.5. The quantitative estimate of drug-likeness (QED) is 0.170. The van der Waals surface area contributed by atoms with E-state index in [4.69, 9.17) is 14.7 Å². The van der Waals surface area contributed by atoms with Crippen molar-refractivity contribution in [2.75, 3.05) is 23.4 Å². The molecule has 15 heteroatoms. The summed E-state index contributed by atoms with van der Waals surface area (Å²) < 4.78 is 66.4. The number of benzene rings is 1. The lowest BCUT2D eigenvalue weighted by molar-refractivity contribution is -0.124. The lowest BCUT2D eigenvalue weighted by atomic mass is 9.70. The fourth-order valence-corrected chi connectivity index (χ4v) is 9.47. The van der Waals surface area contributed by atoms with E-state index in [1.54, 1.807) is 18.6 Å². The molecule has 1 aromatic carbocycles. The Morgan fingerprint density at radius 3 is 2.48 bits per heavy atom. The number of likely N-dealkylation sites (tertiary alicyclic amines) is 1. The third-order valence-corrected chi connectivity index (χ3v) is 13.0. The Morgan fingerprint density at radius 2 is 1.79 bits per heavy atom. The molecule has 2 bridgehead atoms. The van der Waals surface area contributed by atoms with Crippen molar-refractivity contribution >= 4 is 40.0 Å². The van der Waals surface area contributed by atoms with E-state index in [9.17, 15) is 18.4 Å². The molecule has 296 valence electrons. The maximum absolute atomic E-state index is 15.7. The summed E-state index contributed by atoms with van der Waals surface area (Å²) in [5, 5.41) is 5.27. The number of carbonyl (C=O) groups excluding carboxylic acids is 2. The van der Waals surface area contributed by atoms with Crippen LogP contribution < -0.4 is 15.5 Å². The topological polar surface area (TPSA) is 118 Å². The molecule has 0 radical (unpaired) electrons. The van der Waals surface area contributed by atoms with Gasteiger partial charge in [-0.1, -0.05) is 0 Å². The van der Waals surface area contributed by atoms with Crippen molar-refractivity contribution in [3.63, 3.8) is 0 Å². The minimum absolute atomic E-state index is 0.00794. The second kappa shape index (κ2) is 12.7. The van der Waals surface area contributed by atoms with Gasteiger partial charge in [-0.2, -0.15) is 0 Å². The molecule has 2 N–H and O–H groups in total. The average molecular weight is 775 g/mol. The number of hydrogen-bond acceptors (Lipinski definition) is 8. The predicted octanol–water partition coefficient (Wildman–Crippen LogP) is 7.34. The summed E-state index contributed by atoms with van der Waals surface area (Å²) in [7, 11) is 0. The number of rotatable bonds is 9. The number of nitrogens with one attached hydrogen (secondary N) is 2. The van der Waals surface area contributed by atoms with Crippen molar-refractivity contribution in [1.82, 2.24) is 29.7 Å². The number of halogens is 4. The Kier molecular flexibility index (Phi) is 8.38. The summed E-state index contributed by atoms with van der Waals surface area (Å²) >= 11 is 0. The van der Waals surface area contributed by atoms with Crippen LogP contribution in [0.2, 0.25) is 0 Å². The highest BCUT2D eigenvalue weighted by atomic mass is 19.3. The molecule has 9 rings (SSSR count). The number of alkyl halides is 2. The SMILES string of the molecule is Cc1c(C(=O)NC2(C(F)F)CC2)cc(Nc2nc(-c3cnc4c(c3)N(C3CC(C)(N5CCC6C[C@@H]5CO6)C3)C(=O)C4(C)C)cc3ncn(C(C)C)c23)c(F)c1F. The van der Waals surface area contributed by atoms with Gasteiger partial charge in [0.15, 0.2) is 17.5 Å². The first-order valence-electron chi connectivity index (χ1n) is 19.5. The minimum atomic E-state index is -2.80. The predicted molar refractivity (Wildman–Crippen MR) is 202 cm³/mol. The summed E-state index contributed by atoms with van der Waals surface area (Å²) in [6.45, 7) is 12.9. The van der Waals surface area contributed by atoms with Crippen LogP contribution in [0.4, 0.5) is 34.8 Å². The van der Waals surface area contributed by atoms with Crippen LogP contribution in [0.5, 0.6) is 0 Å². The molecular weight excluding hydrogens is 728 g/mol. The molecule has 1 unspecified atom stereocenters. The number of carbonyl (C=O) groups is 2. The van der Waals surface area contributed by atoms with Gasteiger partial charge in [0.25, 0.3) is 12.3 Å². The summed E-state index contributed by atoms with van der Waals surface area (Å²) in [6, 6.07) is 5.13. The van der Waals surface area contributed by atoms with Gasteiger partial charge in [0, 0.05) is 53.1 Å². The fourth-order valence-electron chi connectivity index (χ4n) is 9.47. The number of ether oxygens (including phenoxy) is 1. The molecular formula is C41H46F4N8O3. The summed E-state index contributed by atoms with van der Waals surface area (Å²) in [5.74, 6) is -3.33. The summed E-state index contributed by atoms with van der Waals surface area (Å²) in [4.78, 5) is 46.2. The molecule has 11 nitrogen and oxygen atoms in total. The highest BCUT2D eigenvalue weighted by molar-refractivity contribution is 6.08. The first kappa shape index (κ1) is 37.0. The van der Waals surface area contributed by atoms with E-state index in [0.29, 0.717) is 40.1 Å². The first-order valence-corrected chi connectivity index (χ1v) is 19.5. The third-order valence-electron chi connectivity index (χ3n) is 13.0. The Balaban J connectivity index is 1.07. The summed E-state index contributed by atoms with van der Waals surface area (Å²) in [5.41, 5.74) is -0.108. The van der Waals surface area contributed by atoms with E-state index >= 15 is 8.78 Å². The van der Waals surface area contributed by atoms with E-state index in [0.717, 1.165) is 50.6 Å². The van der Waals surface area contributed by atoms with Crippen LogP contribution in [0.15, 0.2) is 30.7 Å². The van der Waals surface area contributed by atoms with Gasteiger partial charge in [-0.05, 0) is 98.3 Å². The van der Waals surface area contributed by atoms with E-state index in [1.165, 1.54) is 6.92 Å². The van der Waals surface area contributed by atoms with Crippen LogP contribution in [-0.4, -0.2) is 85.1 Å². The first-order chi connectivity index (χ1) is 26.5. The zero-order valence-electron chi connectivity index (χ0n) is 32.4. The average Bonchev–Trinajstić information content (AvgIpc) is 3.57. The lowest BCUT2D eigenvalue weighted by Gasteiger charge is -2.57. The van der Waals surface area contributed by atoms with Gasteiger partial charge in [-0.3, -0.25) is 19.5 Å². The van der Waals surface area contributed by atoms with Gasteiger partial charge < -0.3 is 24.8 Å². The van der Waals surface area contributed by atoms with Crippen LogP contribution in [-0.2, 0) is 14.9 Å². The van der Waals surface area contributed by atoms with Gasteiger partial charge in [0.2, 0.25) is 5.91 Å². The molecule has 2 atom stereocenters. The number of fused-ring (bicyclic) bond motifs is 4. The number of anilines is 3. The van der Waals surface area contributed by atoms with E-state index < -0.39 is 40.6 Å². The van der Waals surface area contributed by atoms with Crippen molar-refractivity contribution in [2.45, 2.75) is 127 Å². The molecule has 2 amide bonds. The van der Waals surface area contributed by atoms with Crippen molar-refractivity contribution in [1.29, 1.82) is 0 Å². The fraction of sp³-hybridized carbons (Fsp3) is 0.537. The van der Waals surface area contributed by atoms with Crippen molar-refractivity contribution in [3.05, 3.63) is 59.2 Å². The van der Waals surface area contributed by atoms with E-state index in [-0.39, 0.29) is 53.3 Å². The Bertz CT molecular complexity index is 2300. The maximum atomic E-state index is 15.7. The molecule has 5 aliphatic rings. The normalized spacial score (nSPS) is 26.2. The number of amides is 2. The van der Waals surface area contributed by atoms with Gasteiger partial charge in [-0.15, -0.1) is 0 Å². The Morgan fingerprint density at radius 1 is 1.04 bits per heavy atom. The van der Waals surface area contributed by atoms with Gasteiger partial charge in [0.05, 0.1) is 52.7 Å². The van der Waals surface area contributed by atoms with Crippen molar-refractivity contribution in [2.24, 2.45) is 0 Å². The molecule has 6 heterocycles. The molecule has 0 spiro atoms. The van der Waals surface area contributed by atoms with E-state index in [2.05, 4.69) is 27.4 Å².